The molecule has 2 rings (SSSR count). The van der Waals surface area contributed by atoms with E-state index in [1.165, 1.54) is 0 Å². The molecule has 0 saturated carbocycles. The Morgan fingerprint density at radius 1 is 0.909 bits per heavy atom. The molecule has 0 aromatic heterocycles. The van der Waals surface area contributed by atoms with Crippen molar-refractivity contribution in [2.24, 2.45) is 0 Å². The highest BCUT2D eigenvalue weighted by atomic mass is 16.5. The van der Waals surface area contributed by atoms with Gasteiger partial charge in [-0.25, -0.2) is 14.4 Å². The van der Waals surface area contributed by atoms with Crippen LogP contribution in [0, 0.1) is 0 Å². The summed E-state index contributed by atoms with van der Waals surface area (Å²) in [4.78, 5) is 38.3. The third-order valence-electron chi connectivity index (χ3n) is 5.19. The highest BCUT2D eigenvalue weighted by molar-refractivity contribution is 6.00. The second-order valence-electron chi connectivity index (χ2n) is 7.67. The lowest BCUT2D eigenvalue weighted by Crippen LogP contribution is -2.32. The van der Waals surface area contributed by atoms with Crippen LogP contribution in [0.25, 0.3) is 6.08 Å². The van der Waals surface area contributed by atoms with Crippen molar-refractivity contribution in [2.75, 3.05) is 19.8 Å². The summed E-state index contributed by atoms with van der Waals surface area (Å²) >= 11 is 0. The van der Waals surface area contributed by atoms with Crippen molar-refractivity contribution in [1.82, 2.24) is 5.32 Å². The molecule has 7 nitrogen and oxygen atoms in total. The first-order chi connectivity index (χ1) is 15.8. The topological polar surface area (TPSA) is 90.9 Å². The molecule has 178 valence electrons. The number of hydrogen-bond acceptors (Lipinski definition) is 7. The van der Waals surface area contributed by atoms with Gasteiger partial charge in [0.1, 0.15) is 0 Å². The minimum atomic E-state index is -0.726. The van der Waals surface area contributed by atoms with Gasteiger partial charge in [0.05, 0.1) is 36.9 Å². The van der Waals surface area contributed by atoms with Gasteiger partial charge in [-0.1, -0.05) is 31.2 Å². The molecule has 0 bridgehead atoms. The molecule has 1 aliphatic heterocycles. The first-order valence-corrected chi connectivity index (χ1v) is 11.2. The molecule has 1 aromatic carbocycles. The lowest BCUT2D eigenvalue weighted by atomic mass is 9.78. The average molecular weight is 456 g/mol. The number of benzene rings is 1. The molecule has 33 heavy (non-hydrogen) atoms. The molecular weight excluding hydrogens is 422 g/mol. The zero-order valence-corrected chi connectivity index (χ0v) is 20.2. The Balaban J connectivity index is 2.69. The molecule has 1 N–H and O–H groups in total. The lowest BCUT2D eigenvalue weighted by Gasteiger charge is -2.31. The van der Waals surface area contributed by atoms with Gasteiger partial charge in [0.2, 0.25) is 0 Å². The first kappa shape index (κ1) is 25.9. The lowest BCUT2D eigenvalue weighted by molar-refractivity contribution is -0.140. The third-order valence-corrected chi connectivity index (χ3v) is 5.19. The normalized spacial score (nSPS) is 14.7. The number of esters is 3. The van der Waals surface area contributed by atoms with E-state index in [9.17, 15) is 14.4 Å². The number of ether oxygens (including phenoxy) is 3. The number of allylic oxidation sites excluding steroid dienone is 2. The first-order valence-electron chi connectivity index (χ1n) is 11.2. The van der Waals surface area contributed by atoms with Gasteiger partial charge in [-0.3, -0.25) is 0 Å². The molecule has 0 unspecified atom stereocenters. The highest BCUT2D eigenvalue weighted by Crippen LogP contribution is 2.41. The van der Waals surface area contributed by atoms with E-state index in [4.69, 9.17) is 14.2 Å². The monoisotopic (exact) mass is 455 g/mol. The standard InChI is InChI=1S/C26H33NO6/c1-7-14-33-24(28)16(4)15-19-12-10-11-13-20(19)23-21(25(29)31-8-2)17(5)27-18(6)22(23)26(30)32-9-3/h10-13,15,23,27H,7-9,14H2,1-6H3/b16-15+. The molecule has 0 aliphatic carbocycles. The van der Waals surface area contributed by atoms with E-state index in [0.717, 1.165) is 6.42 Å². The summed E-state index contributed by atoms with van der Waals surface area (Å²) in [6.07, 6.45) is 2.44. The van der Waals surface area contributed by atoms with E-state index >= 15 is 0 Å². The zero-order chi connectivity index (χ0) is 24.5. The maximum Gasteiger partial charge on any atom is 0.336 e. The van der Waals surface area contributed by atoms with Crippen LogP contribution in [0.4, 0.5) is 0 Å². The van der Waals surface area contributed by atoms with Gasteiger partial charge in [-0.05, 0) is 58.2 Å². The predicted octanol–water partition coefficient (Wildman–Crippen LogP) is 4.40. The summed E-state index contributed by atoms with van der Waals surface area (Å²) in [7, 11) is 0. The number of dihydropyridines is 1. The summed E-state index contributed by atoms with van der Waals surface area (Å²) in [5, 5.41) is 3.13. The average Bonchev–Trinajstić information content (AvgIpc) is 2.77. The maximum absolute atomic E-state index is 13.0. The Kier molecular flexibility index (Phi) is 9.45. The zero-order valence-electron chi connectivity index (χ0n) is 20.2. The maximum atomic E-state index is 13.0. The fourth-order valence-electron chi connectivity index (χ4n) is 3.77. The Morgan fingerprint density at radius 3 is 1.97 bits per heavy atom. The van der Waals surface area contributed by atoms with Crippen LogP contribution in [0.1, 0.15) is 65.0 Å². The summed E-state index contributed by atoms with van der Waals surface area (Å²) in [6, 6.07) is 7.34. The fourth-order valence-corrected chi connectivity index (χ4v) is 3.77. The molecule has 1 aromatic rings. The molecule has 0 amide bonds. The van der Waals surface area contributed by atoms with Crippen LogP contribution in [0.5, 0.6) is 0 Å². The molecule has 7 heteroatoms. The fraction of sp³-hybridized carbons (Fsp3) is 0.423. The van der Waals surface area contributed by atoms with Crippen LogP contribution in [0.15, 0.2) is 52.4 Å². The predicted molar refractivity (Wildman–Crippen MR) is 126 cm³/mol. The molecule has 0 radical (unpaired) electrons. The highest BCUT2D eigenvalue weighted by Gasteiger charge is 2.38. The van der Waals surface area contributed by atoms with Crippen LogP contribution in [0.3, 0.4) is 0 Å². The molecule has 1 aliphatic rings. The number of carbonyl (C=O) groups excluding carboxylic acids is 3. The van der Waals surface area contributed by atoms with Crippen molar-refractivity contribution in [2.45, 2.75) is 53.9 Å². The molecule has 0 spiro atoms. The molecule has 0 fully saturated rings. The molecule has 0 atom stereocenters. The number of nitrogens with one attached hydrogen (secondary N) is 1. The van der Waals surface area contributed by atoms with Crippen molar-refractivity contribution in [3.63, 3.8) is 0 Å². The Morgan fingerprint density at radius 2 is 1.45 bits per heavy atom. The van der Waals surface area contributed by atoms with Gasteiger partial charge in [-0.2, -0.15) is 0 Å². The Hall–Kier alpha value is -3.35. The third kappa shape index (κ3) is 6.12. The van der Waals surface area contributed by atoms with E-state index in [-0.39, 0.29) is 13.2 Å². The Labute approximate surface area is 195 Å². The van der Waals surface area contributed by atoms with Crippen LogP contribution in [-0.4, -0.2) is 37.7 Å². The van der Waals surface area contributed by atoms with Gasteiger partial charge in [0.25, 0.3) is 0 Å². The van der Waals surface area contributed by atoms with Gasteiger partial charge in [-0.15, -0.1) is 0 Å². The largest absolute Gasteiger partial charge is 0.463 e. The van der Waals surface area contributed by atoms with Crippen molar-refractivity contribution >= 4 is 24.0 Å². The van der Waals surface area contributed by atoms with Crippen LogP contribution in [0.2, 0.25) is 0 Å². The van der Waals surface area contributed by atoms with Gasteiger partial charge in [0, 0.05) is 17.0 Å². The summed E-state index contributed by atoms with van der Waals surface area (Å²) in [5.74, 6) is -2.16. The second kappa shape index (κ2) is 12.0. The van der Waals surface area contributed by atoms with E-state index in [0.29, 0.717) is 45.8 Å². The van der Waals surface area contributed by atoms with E-state index < -0.39 is 23.8 Å². The summed E-state index contributed by atoms with van der Waals surface area (Å²) in [5.41, 5.74) is 3.66. The van der Waals surface area contributed by atoms with Crippen molar-refractivity contribution in [3.8, 4) is 0 Å². The van der Waals surface area contributed by atoms with E-state index in [1.54, 1.807) is 40.7 Å². The molecule has 1 heterocycles. The number of rotatable bonds is 9. The van der Waals surface area contributed by atoms with Gasteiger partial charge >= 0.3 is 17.9 Å². The van der Waals surface area contributed by atoms with E-state index in [2.05, 4.69) is 5.32 Å². The minimum absolute atomic E-state index is 0.198. The number of hydrogen-bond donors (Lipinski definition) is 1. The van der Waals surface area contributed by atoms with Crippen molar-refractivity contribution in [3.05, 3.63) is 63.5 Å². The van der Waals surface area contributed by atoms with Crippen molar-refractivity contribution < 1.29 is 28.6 Å². The Bertz CT molecular complexity index is 962. The van der Waals surface area contributed by atoms with Gasteiger partial charge in [0.15, 0.2) is 0 Å². The molecule has 0 saturated heterocycles. The summed E-state index contributed by atoms with van der Waals surface area (Å²) < 4.78 is 15.9. The summed E-state index contributed by atoms with van der Waals surface area (Å²) in [6.45, 7) is 11.3. The van der Waals surface area contributed by atoms with Crippen LogP contribution in [-0.2, 0) is 28.6 Å². The minimum Gasteiger partial charge on any atom is -0.463 e. The smallest absolute Gasteiger partial charge is 0.336 e. The van der Waals surface area contributed by atoms with Crippen LogP contribution >= 0.6 is 0 Å². The SMILES string of the molecule is CCCOC(=O)/C(C)=C/c1ccccc1C1C(C(=O)OCC)=C(C)NC(C)=C1C(=O)OCC. The van der Waals surface area contributed by atoms with Gasteiger partial charge < -0.3 is 19.5 Å². The second-order valence-corrected chi connectivity index (χ2v) is 7.67. The number of carbonyl (C=O) groups is 3. The molecular formula is C26H33NO6. The van der Waals surface area contributed by atoms with Crippen molar-refractivity contribution in [1.29, 1.82) is 0 Å². The quantitative estimate of drug-likeness (QED) is 0.335. The van der Waals surface area contributed by atoms with Crippen LogP contribution < -0.4 is 5.32 Å². The van der Waals surface area contributed by atoms with E-state index in [1.807, 2.05) is 31.2 Å².